The Hall–Kier alpha value is 0.303. The minimum Gasteiger partial charge on any atom is -0.565 e. The van der Waals surface area contributed by atoms with E-state index in [0.717, 1.165) is 15.4 Å². The Balaban J connectivity index is -0.000000605. The number of esters is 2. The van der Waals surface area contributed by atoms with E-state index >= 15 is 0 Å². The third-order valence-electron chi connectivity index (χ3n) is 4.55. The van der Waals surface area contributed by atoms with Crippen LogP contribution in [-0.4, -0.2) is 67.7 Å². The molecule has 0 aliphatic carbocycles. The monoisotopic (exact) mass is 877 g/mol. The van der Waals surface area contributed by atoms with Gasteiger partial charge in [0.05, 0.1) is 24.2 Å². The molecule has 0 atom stereocenters. The fourth-order valence-corrected chi connectivity index (χ4v) is 3.67. The number of hydrogen-bond donors (Lipinski definition) is 2. The summed E-state index contributed by atoms with van der Waals surface area (Å²) < 4.78 is 59.3. The maximum absolute atomic E-state index is 12.8. The van der Waals surface area contributed by atoms with Crippen LogP contribution in [0.3, 0.4) is 0 Å². The zero-order valence-corrected chi connectivity index (χ0v) is 37.3. The molecule has 0 aliphatic rings. The molecule has 13 nitrogen and oxygen atoms in total. The van der Waals surface area contributed by atoms with Crippen LogP contribution in [0.4, 0.5) is 22.4 Å². The van der Waals surface area contributed by atoms with Crippen molar-refractivity contribution in [3.63, 3.8) is 0 Å². The van der Waals surface area contributed by atoms with Gasteiger partial charge in [0.15, 0.2) is 11.4 Å². The molecule has 4 aromatic rings. The van der Waals surface area contributed by atoms with E-state index in [0.29, 0.717) is 26.8 Å². The van der Waals surface area contributed by atoms with Crippen molar-refractivity contribution in [1.29, 1.82) is 0 Å². The number of nitrogens with zero attached hydrogens (tertiary/aromatic N) is 3. The van der Waals surface area contributed by atoms with Crippen molar-refractivity contribution in [1.82, 2.24) is 20.0 Å². The van der Waals surface area contributed by atoms with Crippen molar-refractivity contribution in [3.05, 3.63) is 56.7 Å². The SMILES string of the molecule is CCOC(=O)c1n[nH]c2cc(Br)ccc12.CCOC(=O)c1nn(C(F)F)c2cc(Br)ccc12.O=C([O-])C(F)(F)Cl.O=C([O-])O.[K+].[K+].[Na+]. The standard InChI is InChI=1S/C11H9BrF2N2O2.C10H9BrN2O2.C2HClF2O2.CH2O3.2K.Na/c1-2-18-10(17)9-7-4-3-6(12)5-8(7)16(15-9)11(13)14;1-2-15-10(14)9-7-4-3-6(11)5-8(7)12-13-9;3-2(4,5)1(6)7;2-1(3)4;;;/h3-5,11H,2H2,1H3;3-5H,2H2,1H3,(H,12,13);(H,6,7);(H2,2,3,4);;;/q;;;;3*+1/p-2. The first-order chi connectivity index (χ1) is 20.4. The van der Waals surface area contributed by atoms with E-state index in [1.54, 1.807) is 26.0 Å². The molecule has 4 rings (SSSR count). The van der Waals surface area contributed by atoms with E-state index < -0.39 is 36.0 Å². The number of rotatable bonds is 6. The Bertz CT molecular complexity index is 1630. The Morgan fingerprint density at radius 1 is 0.957 bits per heavy atom. The maximum atomic E-state index is 12.8. The predicted molar refractivity (Wildman–Crippen MR) is 148 cm³/mol. The van der Waals surface area contributed by atoms with E-state index in [-0.39, 0.29) is 150 Å². The molecule has 0 unspecified atom stereocenters. The summed E-state index contributed by atoms with van der Waals surface area (Å²) in [5.41, 5.74) is 1.23. The smallest absolute Gasteiger partial charge is 0.565 e. The summed E-state index contributed by atoms with van der Waals surface area (Å²) >= 11 is 10.4. The van der Waals surface area contributed by atoms with Crippen molar-refractivity contribution in [2.45, 2.75) is 25.8 Å². The first kappa shape index (κ1) is 51.7. The summed E-state index contributed by atoms with van der Waals surface area (Å²) in [4.78, 5) is 40.6. The number of carboxylic acids is 1. The number of carbonyl (C=O) groups excluding carboxylic acids is 3. The van der Waals surface area contributed by atoms with Crippen LogP contribution in [0.5, 0.6) is 0 Å². The van der Waals surface area contributed by atoms with Crippen LogP contribution in [0.1, 0.15) is 41.4 Å². The molecule has 2 heterocycles. The number of carbonyl (C=O) groups is 4. The molecule has 2 aromatic heterocycles. The summed E-state index contributed by atoms with van der Waals surface area (Å²) in [6.07, 6.45) is -2.08. The number of ether oxygens (including phenoxy) is 2. The van der Waals surface area contributed by atoms with Gasteiger partial charge in [-0.3, -0.25) is 5.10 Å². The Morgan fingerprint density at radius 2 is 1.38 bits per heavy atom. The van der Waals surface area contributed by atoms with Gasteiger partial charge in [-0.2, -0.15) is 27.8 Å². The number of aromatic amines is 1. The first-order valence-corrected chi connectivity index (χ1v) is 13.5. The summed E-state index contributed by atoms with van der Waals surface area (Å²) in [5.74, 6) is -3.68. The van der Waals surface area contributed by atoms with Gasteiger partial charge in [0.25, 0.3) is 0 Å². The topological polar surface area (TPSA) is 200 Å². The normalized spacial score (nSPS) is 9.83. The van der Waals surface area contributed by atoms with Crippen LogP contribution in [0.2, 0.25) is 0 Å². The Labute approximate surface area is 392 Å². The average Bonchev–Trinajstić information content (AvgIpc) is 3.50. The van der Waals surface area contributed by atoms with Crippen molar-refractivity contribution in [3.8, 4) is 0 Å². The average molecular weight is 880 g/mol. The molecule has 2 N–H and O–H groups in total. The molecule has 0 amide bonds. The van der Waals surface area contributed by atoms with Gasteiger partial charge in [0, 0.05) is 19.7 Å². The summed E-state index contributed by atoms with van der Waals surface area (Å²) in [6.45, 7) is 1.11. The van der Waals surface area contributed by atoms with Gasteiger partial charge in [0.2, 0.25) is 6.16 Å². The molecule has 47 heavy (non-hydrogen) atoms. The van der Waals surface area contributed by atoms with Crippen molar-refractivity contribution < 1.29 is 194 Å². The molecule has 240 valence electrons. The van der Waals surface area contributed by atoms with E-state index in [2.05, 4.69) is 58.8 Å². The number of aliphatic carboxylic acids is 1. The number of benzene rings is 2. The fourth-order valence-electron chi connectivity index (χ4n) is 2.96. The van der Waals surface area contributed by atoms with Gasteiger partial charge in [-0.1, -0.05) is 31.9 Å². The number of aromatic nitrogens is 4. The molecular weight excluding hydrogens is 861 g/mol. The molecular formula is C24H19Br2ClF4K2N4NaO9+. The molecule has 0 aliphatic heterocycles. The van der Waals surface area contributed by atoms with Gasteiger partial charge in [-0.15, -0.1) is 0 Å². The van der Waals surface area contributed by atoms with Crippen LogP contribution >= 0.6 is 43.5 Å². The number of carboxylic acid groups (broad SMARTS) is 3. The van der Waals surface area contributed by atoms with Crippen molar-refractivity contribution >= 4 is 89.3 Å². The predicted octanol–water partition coefficient (Wildman–Crippen LogP) is -4.66. The molecule has 2 aromatic carbocycles. The quantitative estimate of drug-likeness (QED) is 0.0818. The summed E-state index contributed by atoms with van der Waals surface area (Å²) in [6, 6.07) is 10.2. The number of fused-ring (bicyclic) bond motifs is 2. The van der Waals surface area contributed by atoms with Crippen molar-refractivity contribution in [2.75, 3.05) is 13.2 Å². The summed E-state index contributed by atoms with van der Waals surface area (Å²) in [7, 11) is 0. The van der Waals surface area contributed by atoms with Gasteiger partial charge < -0.3 is 34.4 Å². The van der Waals surface area contributed by atoms with Gasteiger partial charge >= 0.3 is 156 Å². The Morgan fingerprint density at radius 3 is 1.81 bits per heavy atom. The second-order valence-electron chi connectivity index (χ2n) is 7.49. The second-order valence-corrected chi connectivity index (χ2v) is 9.79. The van der Waals surface area contributed by atoms with Crippen LogP contribution < -0.4 is 143 Å². The minimum absolute atomic E-state index is 0. The number of alkyl halides is 5. The van der Waals surface area contributed by atoms with Crippen LogP contribution in [0.15, 0.2) is 45.3 Å². The zero-order valence-electron chi connectivity index (χ0n) is 25.2. The second kappa shape index (κ2) is 25.3. The van der Waals surface area contributed by atoms with Gasteiger partial charge in [-0.05, 0) is 61.8 Å². The number of H-pyrrole nitrogens is 1. The van der Waals surface area contributed by atoms with Crippen LogP contribution in [0.25, 0.3) is 21.8 Å². The molecule has 0 saturated carbocycles. The van der Waals surface area contributed by atoms with E-state index in [9.17, 15) is 27.2 Å². The number of halogens is 7. The number of hydrogen-bond acceptors (Lipinski definition) is 10. The maximum Gasteiger partial charge on any atom is 1.00 e. The van der Waals surface area contributed by atoms with Crippen molar-refractivity contribution in [2.24, 2.45) is 0 Å². The van der Waals surface area contributed by atoms with E-state index in [1.807, 2.05) is 18.2 Å². The molecule has 0 fully saturated rings. The van der Waals surface area contributed by atoms with Crippen LogP contribution in [-0.2, 0) is 14.3 Å². The molecule has 23 heteroatoms. The molecule has 0 spiro atoms. The molecule has 0 radical (unpaired) electrons. The molecule has 0 saturated heterocycles. The third-order valence-corrected chi connectivity index (χ3v) is 5.69. The Kier molecular flexibility index (Phi) is 27.8. The largest absolute Gasteiger partial charge is 1.00 e. The van der Waals surface area contributed by atoms with Crippen LogP contribution in [0, 0.1) is 0 Å². The van der Waals surface area contributed by atoms with E-state index in [1.165, 1.54) is 6.07 Å². The minimum atomic E-state index is -4.22. The van der Waals surface area contributed by atoms with E-state index in [4.69, 9.17) is 34.4 Å². The summed E-state index contributed by atoms with van der Waals surface area (Å²) in [5, 5.41) is 31.6. The van der Waals surface area contributed by atoms with Gasteiger partial charge in [-0.25, -0.2) is 14.3 Å². The third kappa shape index (κ3) is 17.9. The number of nitrogens with one attached hydrogen (secondary N) is 1. The van der Waals surface area contributed by atoms with Gasteiger partial charge in [0.1, 0.15) is 5.97 Å². The first-order valence-electron chi connectivity index (χ1n) is 11.6. The molecule has 0 bridgehead atoms. The fraction of sp³-hybridized carbons (Fsp3) is 0.250. The zero-order chi connectivity index (χ0) is 33.8.